The van der Waals surface area contributed by atoms with E-state index in [1.807, 2.05) is 56.3 Å². The van der Waals surface area contributed by atoms with Crippen molar-refractivity contribution >= 4 is 17.9 Å². The number of oxime groups is 2. The summed E-state index contributed by atoms with van der Waals surface area (Å²) in [7, 11) is 2.66. The van der Waals surface area contributed by atoms with Crippen molar-refractivity contribution in [1.82, 2.24) is 0 Å². The molecule has 0 saturated carbocycles. The van der Waals surface area contributed by atoms with E-state index in [4.69, 9.17) is 14.4 Å². The highest BCUT2D eigenvalue weighted by Gasteiger charge is 2.19. The zero-order valence-corrected chi connectivity index (χ0v) is 15.5. The molecule has 6 nitrogen and oxygen atoms in total. The van der Waals surface area contributed by atoms with Gasteiger partial charge < -0.3 is 14.4 Å². The van der Waals surface area contributed by atoms with Gasteiger partial charge in [0.15, 0.2) is 5.71 Å². The number of hydrogen-bond acceptors (Lipinski definition) is 6. The van der Waals surface area contributed by atoms with Crippen molar-refractivity contribution in [2.24, 2.45) is 10.3 Å². The number of nitrogens with zero attached hydrogens (tertiary/aromatic N) is 2. The van der Waals surface area contributed by atoms with Crippen LogP contribution in [0.5, 0.6) is 0 Å². The fourth-order valence-corrected chi connectivity index (χ4v) is 2.01. The lowest BCUT2D eigenvalue weighted by Crippen LogP contribution is -2.19. The number of rotatable bonds is 7. The third-order valence-electron chi connectivity index (χ3n) is 3.13. The Kier molecular flexibility index (Phi) is 9.84. The second-order valence-corrected chi connectivity index (χ2v) is 4.69. The minimum absolute atomic E-state index is 0.0752. The van der Waals surface area contributed by atoms with Crippen LogP contribution in [0.4, 0.5) is 0 Å². The van der Waals surface area contributed by atoms with Crippen LogP contribution in [0.2, 0.25) is 0 Å². The summed E-state index contributed by atoms with van der Waals surface area (Å²) in [6.07, 6.45) is 1.62. The molecule has 0 heterocycles. The number of methoxy groups -OCH3 is 1. The van der Waals surface area contributed by atoms with E-state index >= 15 is 0 Å². The molecule has 0 fully saturated rings. The van der Waals surface area contributed by atoms with Crippen LogP contribution in [-0.4, -0.2) is 32.1 Å². The summed E-state index contributed by atoms with van der Waals surface area (Å²) in [5, 5.41) is 7.69. The standard InChI is InChI=1S/C18H18N2O4.C2H6/c1-22-18(21)17(20-23-2)16-11-7-6-10-15(16)13-24-19-12-14-8-4-3-5-9-14;1-2/h3-12H,13H2,1-2H3;1-2H3/b19-12?,20-17+;. The number of esters is 1. The van der Waals surface area contributed by atoms with Gasteiger partial charge in [-0.15, -0.1) is 0 Å². The molecule has 2 rings (SSSR count). The van der Waals surface area contributed by atoms with Crippen LogP contribution in [0.25, 0.3) is 0 Å². The van der Waals surface area contributed by atoms with Crippen LogP contribution in [0, 0.1) is 0 Å². The largest absolute Gasteiger partial charge is 0.464 e. The predicted molar refractivity (Wildman–Crippen MR) is 102 cm³/mol. The molecule has 138 valence electrons. The summed E-state index contributed by atoms with van der Waals surface area (Å²) < 4.78 is 4.74. The second kappa shape index (κ2) is 12.2. The lowest BCUT2D eigenvalue weighted by molar-refractivity contribution is -0.132. The Morgan fingerprint density at radius 2 is 1.65 bits per heavy atom. The third kappa shape index (κ3) is 6.39. The van der Waals surface area contributed by atoms with E-state index in [-0.39, 0.29) is 12.3 Å². The normalized spacial score (nSPS) is 10.7. The zero-order valence-electron chi connectivity index (χ0n) is 15.5. The molecule has 0 atom stereocenters. The SMILES string of the molecule is CC.CO/N=C(/C(=O)OC)c1ccccc1CON=Cc1ccccc1. The molecule has 0 N–H and O–H groups in total. The van der Waals surface area contributed by atoms with Gasteiger partial charge in [-0.25, -0.2) is 4.79 Å². The molecule has 2 aromatic carbocycles. The lowest BCUT2D eigenvalue weighted by Gasteiger charge is -2.09. The number of benzene rings is 2. The molecule has 6 heteroatoms. The molecule has 0 radical (unpaired) electrons. The molecule has 0 aromatic heterocycles. The highest BCUT2D eigenvalue weighted by Crippen LogP contribution is 2.13. The molecule has 2 aromatic rings. The Balaban J connectivity index is 0.00000163. The Bertz CT molecular complexity index is 728. The van der Waals surface area contributed by atoms with Gasteiger partial charge in [-0.1, -0.05) is 78.8 Å². The van der Waals surface area contributed by atoms with Gasteiger partial charge in [-0.05, 0) is 5.56 Å². The maximum Gasteiger partial charge on any atom is 0.360 e. The van der Waals surface area contributed by atoms with Crippen LogP contribution in [0.15, 0.2) is 64.9 Å². The molecule has 0 amide bonds. The first-order valence-corrected chi connectivity index (χ1v) is 8.24. The minimum Gasteiger partial charge on any atom is -0.464 e. The van der Waals surface area contributed by atoms with Gasteiger partial charge in [-0.2, -0.15) is 0 Å². The monoisotopic (exact) mass is 356 g/mol. The zero-order chi connectivity index (χ0) is 19.2. The van der Waals surface area contributed by atoms with Gasteiger partial charge in [0.1, 0.15) is 13.7 Å². The summed E-state index contributed by atoms with van der Waals surface area (Å²) in [6, 6.07) is 16.8. The molecule has 26 heavy (non-hydrogen) atoms. The van der Waals surface area contributed by atoms with Crippen LogP contribution < -0.4 is 0 Å². The highest BCUT2D eigenvalue weighted by atomic mass is 16.6. The number of hydrogen-bond donors (Lipinski definition) is 0. The third-order valence-corrected chi connectivity index (χ3v) is 3.13. The molecule has 0 aliphatic carbocycles. The Morgan fingerprint density at radius 3 is 2.31 bits per heavy atom. The fourth-order valence-electron chi connectivity index (χ4n) is 2.01. The number of ether oxygens (including phenoxy) is 1. The van der Waals surface area contributed by atoms with Crippen LogP contribution in [0.3, 0.4) is 0 Å². The van der Waals surface area contributed by atoms with Crippen molar-refractivity contribution in [2.75, 3.05) is 14.2 Å². The highest BCUT2D eigenvalue weighted by molar-refractivity contribution is 6.43. The quantitative estimate of drug-likeness (QED) is 0.430. The average Bonchev–Trinajstić information content (AvgIpc) is 2.71. The van der Waals surface area contributed by atoms with Crippen LogP contribution in [0.1, 0.15) is 30.5 Å². The van der Waals surface area contributed by atoms with E-state index in [0.29, 0.717) is 5.56 Å². The van der Waals surface area contributed by atoms with Crippen molar-refractivity contribution in [3.63, 3.8) is 0 Å². The van der Waals surface area contributed by atoms with E-state index in [0.717, 1.165) is 11.1 Å². The summed E-state index contributed by atoms with van der Waals surface area (Å²) in [6.45, 7) is 4.18. The van der Waals surface area contributed by atoms with Crippen molar-refractivity contribution in [2.45, 2.75) is 20.5 Å². The molecule has 0 bridgehead atoms. The van der Waals surface area contributed by atoms with Crippen molar-refractivity contribution < 1.29 is 19.2 Å². The van der Waals surface area contributed by atoms with Gasteiger partial charge in [0.2, 0.25) is 0 Å². The van der Waals surface area contributed by atoms with Crippen molar-refractivity contribution in [3.05, 3.63) is 71.3 Å². The van der Waals surface area contributed by atoms with Gasteiger partial charge >= 0.3 is 5.97 Å². The van der Waals surface area contributed by atoms with Crippen molar-refractivity contribution in [1.29, 1.82) is 0 Å². The van der Waals surface area contributed by atoms with Gasteiger partial charge in [0.05, 0.1) is 13.3 Å². The summed E-state index contributed by atoms with van der Waals surface area (Å²) in [4.78, 5) is 21.9. The average molecular weight is 356 g/mol. The molecule has 0 aliphatic heterocycles. The smallest absolute Gasteiger partial charge is 0.360 e. The Morgan fingerprint density at radius 1 is 1.00 bits per heavy atom. The van der Waals surface area contributed by atoms with Crippen LogP contribution in [-0.2, 0) is 25.8 Å². The summed E-state index contributed by atoms with van der Waals surface area (Å²) in [5.74, 6) is -0.586. The van der Waals surface area contributed by atoms with E-state index in [1.165, 1.54) is 14.2 Å². The first kappa shape index (κ1) is 20.9. The number of carbonyl (C=O) groups is 1. The first-order chi connectivity index (χ1) is 12.8. The number of carbonyl (C=O) groups excluding carboxylic acids is 1. The van der Waals surface area contributed by atoms with Crippen molar-refractivity contribution in [3.8, 4) is 0 Å². The lowest BCUT2D eigenvalue weighted by atomic mass is 10.0. The maximum atomic E-state index is 11.9. The van der Waals surface area contributed by atoms with E-state index in [1.54, 1.807) is 18.3 Å². The van der Waals surface area contributed by atoms with E-state index < -0.39 is 5.97 Å². The first-order valence-electron chi connectivity index (χ1n) is 8.24. The topological polar surface area (TPSA) is 69.5 Å². The van der Waals surface area contributed by atoms with Gasteiger partial charge in [0.25, 0.3) is 0 Å². The minimum atomic E-state index is -0.586. The Hall–Kier alpha value is -3.15. The molecule has 0 aliphatic rings. The summed E-state index contributed by atoms with van der Waals surface area (Å²) >= 11 is 0. The van der Waals surface area contributed by atoms with Crippen LogP contribution >= 0.6 is 0 Å². The molecular formula is C20H24N2O4. The van der Waals surface area contributed by atoms with Gasteiger partial charge in [0, 0.05) is 11.1 Å². The second-order valence-electron chi connectivity index (χ2n) is 4.69. The molecule has 0 unspecified atom stereocenters. The molecule has 0 saturated heterocycles. The maximum absolute atomic E-state index is 11.9. The Labute approximate surface area is 154 Å². The van der Waals surface area contributed by atoms with E-state index in [2.05, 4.69) is 10.3 Å². The molecule has 0 spiro atoms. The van der Waals surface area contributed by atoms with E-state index in [9.17, 15) is 4.79 Å². The van der Waals surface area contributed by atoms with Gasteiger partial charge in [-0.3, -0.25) is 0 Å². The summed E-state index contributed by atoms with van der Waals surface area (Å²) in [5.41, 5.74) is 2.32. The fraction of sp³-hybridized carbons (Fsp3) is 0.250. The predicted octanol–water partition coefficient (Wildman–Crippen LogP) is 3.79. The molecular weight excluding hydrogens is 332 g/mol.